The molecule has 0 aromatic heterocycles. The van der Waals surface area contributed by atoms with E-state index in [1.165, 1.54) is 12.2 Å². The van der Waals surface area contributed by atoms with E-state index < -0.39 is 0 Å². The van der Waals surface area contributed by atoms with E-state index in [0.29, 0.717) is 30.3 Å². The smallest absolute Gasteiger partial charge is 0.135 e. The van der Waals surface area contributed by atoms with Gasteiger partial charge in [-0.05, 0) is 38.0 Å². The molecule has 0 bridgehead atoms. The van der Waals surface area contributed by atoms with Gasteiger partial charge in [0, 0.05) is 48.3 Å². The first-order valence-corrected chi connectivity index (χ1v) is 13.1. The molecule has 3 unspecified atom stereocenters. The SMILES string of the molecule is C#C.C=C/C(CNC1=CC(C)C1=S)=C(/F)C=C=CC(C)CNC(=C)C1=N/C(=C/C(=C)C)N(C)C(C(=C)C)C=C1. The van der Waals surface area contributed by atoms with E-state index in [-0.39, 0.29) is 17.8 Å². The van der Waals surface area contributed by atoms with E-state index in [1.807, 2.05) is 59.0 Å². The molecular weight excluding hydrogens is 503 g/mol. The zero-order valence-corrected chi connectivity index (χ0v) is 24.7. The number of hydrogen-bond acceptors (Lipinski definition) is 5. The van der Waals surface area contributed by atoms with E-state index in [9.17, 15) is 4.39 Å². The van der Waals surface area contributed by atoms with Crippen LogP contribution in [0.2, 0.25) is 0 Å². The zero-order chi connectivity index (χ0) is 29.7. The Bertz CT molecular complexity index is 1230. The highest BCUT2D eigenvalue weighted by atomic mass is 32.1. The van der Waals surface area contributed by atoms with Crippen molar-refractivity contribution in [3.8, 4) is 12.8 Å². The van der Waals surface area contributed by atoms with Gasteiger partial charge in [0.05, 0.1) is 17.5 Å². The molecule has 2 aliphatic rings. The van der Waals surface area contributed by atoms with Crippen molar-refractivity contribution in [1.82, 2.24) is 15.5 Å². The molecule has 0 spiro atoms. The minimum Gasteiger partial charge on any atom is -0.383 e. The average molecular weight is 545 g/mol. The fourth-order valence-electron chi connectivity index (χ4n) is 3.67. The van der Waals surface area contributed by atoms with Crippen LogP contribution in [0.3, 0.4) is 0 Å². The maximum Gasteiger partial charge on any atom is 0.135 e. The Labute approximate surface area is 240 Å². The summed E-state index contributed by atoms with van der Waals surface area (Å²) in [5.41, 5.74) is 7.66. The fourth-order valence-corrected chi connectivity index (χ4v) is 3.88. The number of halogens is 1. The Morgan fingerprint density at radius 1 is 1.31 bits per heavy atom. The highest BCUT2D eigenvalue weighted by Gasteiger charge is 2.21. The van der Waals surface area contributed by atoms with Crippen LogP contribution in [0.15, 0.2) is 119 Å². The molecule has 0 saturated heterocycles. The first kappa shape index (κ1) is 33.1. The van der Waals surface area contributed by atoms with Crippen molar-refractivity contribution in [2.45, 2.75) is 33.7 Å². The van der Waals surface area contributed by atoms with Crippen molar-refractivity contribution < 1.29 is 4.39 Å². The highest BCUT2D eigenvalue weighted by molar-refractivity contribution is 7.81. The normalized spacial score (nSPS) is 20.3. The monoisotopic (exact) mass is 544 g/mol. The van der Waals surface area contributed by atoms with E-state index in [2.05, 4.69) is 66.5 Å². The van der Waals surface area contributed by atoms with Gasteiger partial charge in [-0.15, -0.1) is 18.6 Å². The molecule has 0 saturated carbocycles. The molecule has 0 aromatic rings. The zero-order valence-electron chi connectivity index (χ0n) is 23.9. The van der Waals surface area contributed by atoms with Crippen LogP contribution in [0.4, 0.5) is 4.39 Å². The summed E-state index contributed by atoms with van der Waals surface area (Å²) >= 11 is 5.29. The summed E-state index contributed by atoms with van der Waals surface area (Å²) in [4.78, 5) is 7.75. The Balaban J connectivity index is 0.00000371. The van der Waals surface area contributed by atoms with Gasteiger partial charge in [-0.2, -0.15) is 0 Å². The third-order valence-electron chi connectivity index (χ3n) is 5.99. The predicted molar refractivity (Wildman–Crippen MR) is 171 cm³/mol. The van der Waals surface area contributed by atoms with Gasteiger partial charge in [0.1, 0.15) is 11.6 Å². The number of nitrogens with zero attached hydrogens (tertiary/aromatic N) is 2. The van der Waals surface area contributed by atoms with Crippen LogP contribution < -0.4 is 10.6 Å². The topological polar surface area (TPSA) is 39.7 Å². The lowest BCUT2D eigenvalue weighted by Gasteiger charge is -2.27. The van der Waals surface area contributed by atoms with Gasteiger partial charge in [-0.1, -0.05) is 81.8 Å². The molecule has 39 heavy (non-hydrogen) atoms. The van der Waals surface area contributed by atoms with Gasteiger partial charge < -0.3 is 15.5 Å². The summed E-state index contributed by atoms with van der Waals surface area (Å²) < 4.78 is 14.6. The largest absolute Gasteiger partial charge is 0.383 e. The summed E-state index contributed by atoms with van der Waals surface area (Å²) in [7, 11) is 1.99. The fraction of sp³-hybridized carbons (Fsp3) is 0.303. The second-order valence-electron chi connectivity index (χ2n) is 9.59. The Morgan fingerprint density at radius 3 is 2.51 bits per heavy atom. The number of allylic oxidation sites excluding steroid dienone is 6. The molecule has 206 valence electrons. The maximum atomic E-state index is 14.6. The molecule has 3 atom stereocenters. The van der Waals surface area contributed by atoms with Crippen LogP contribution in [0, 0.1) is 24.7 Å². The van der Waals surface area contributed by atoms with Crippen molar-refractivity contribution in [2.75, 3.05) is 20.1 Å². The summed E-state index contributed by atoms with van der Waals surface area (Å²) in [6.07, 6.45) is 20.7. The number of thiocarbonyl (C=S) groups is 1. The van der Waals surface area contributed by atoms with Gasteiger partial charge in [-0.25, -0.2) is 9.38 Å². The molecular formula is C33H41FN4S. The second-order valence-corrected chi connectivity index (χ2v) is 10.0. The maximum absolute atomic E-state index is 14.6. The molecule has 4 nitrogen and oxygen atoms in total. The van der Waals surface area contributed by atoms with Crippen molar-refractivity contribution in [1.29, 1.82) is 0 Å². The van der Waals surface area contributed by atoms with Gasteiger partial charge in [0.15, 0.2) is 0 Å². The van der Waals surface area contributed by atoms with Crippen LogP contribution in [-0.2, 0) is 0 Å². The third-order valence-corrected chi connectivity index (χ3v) is 6.58. The number of hydrogen-bond donors (Lipinski definition) is 2. The Kier molecular flexibility index (Phi) is 13.7. The van der Waals surface area contributed by atoms with Crippen molar-refractivity contribution in [3.05, 3.63) is 114 Å². The molecule has 0 amide bonds. The first-order valence-electron chi connectivity index (χ1n) is 12.7. The Hall–Kier alpha value is -3.91. The lowest BCUT2D eigenvalue weighted by Crippen LogP contribution is -2.32. The Morgan fingerprint density at radius 2 is 1.97 bits per heavy atom. The number of nitrogens with one attached hydrogen (secondary N) is 2. The molecule has 2 rings (SSSR count). The summed E-state index contributed by atoms with van der Waals surface area (Å²) in [5.74, 6) is 0.784. The highest BCUT2D eigenvalue weighted by Crippen LogP contribution is 2.22. The molecule has 0 radical (unpaired) electrons. The van der Waals surface area contributed by atoms with E-state index >= 15 is 0 Å². The van der Waals surface area contributed by atoms with Gasteiger partial charge >= 0.3 is 0 Å². The third kappa shape index (κ3) is 10.1. The number of likely N-dealkylation sites (N-methyl/N-ethyl adjacent to an activating group) is 1. The van der Waals surface area contributed by atoms with Crippen molar-refractivity contribution in [2.24, 2.45) is 16.8 Å². The molecule has 0 fully saturated rings. The van der Waals surface area contributed by atoms with E-state index in [4.69, 9.17) is 17.2 Å². The molecule has 1 aliphatic carbocycles. The number of terminal acetylenes is 1. The van der Waals surface area contributed by atoms with Crippen molar-refractivity contribution >= 4 is 22.8 Å². The average Bonchev–Trinajstić information content (AvgIpc) is 3.06. The summed E-state index contributed by atoms with van der Waals surface area (Å²) in [5, 5.41) is 6.50. The quantitative estimate of drug-likeness (QED) is 0.0922. The number of aliphatic imine (C=N–C) groups is 1. The van der Waals surface area contributed by atoms with Crippen LogP contribution in [0.1, 0.15) is 27.7 Å². The van der Waals surface area contributed by atoms with E-state index in [0.717, 1.165) is 33.2 Å². The standard InChI is InChI=1S/C31H39FN4S.C2H2/c1-10-25(19-34-28-17-23(7)31(28)37)26(32)13-11-12-22(6)18-33-24(8)27-14-15-29(21(4)5)36(9)30(35-27)16-20(2)3;1-2/h10,12-17,22-23,29,33-34H,1-2,4,8,18-19H2,3,5-7,9H3;1-2H/b26-25-,30-16-;. The second kappa shape index (κ2) is 16.1. The van der Waals surface area contributed by atoms with Gasteiger partial charge in [-0.3, -0.25) is 0 Å². The van der Waals surface area contributed by atoms with Crippen LogP contribution in [0.25, 0.3) is 0 Å². The molecule has 6 heteroatoms. The summed E-state index contributed by atoms with van der Waals surface area (Å²) in [6, 6.07) is 0.0239. The van der Waals surface area contributed by atoms with Crippen LogP contribution in [-0.4, -0.2) is 41.7 Å². The first-order chi connectivity index (χ1) is 18.4. The number of rotatable bonds is 12. The lowest BCUT2D eigenvalue weighted by molar-refractivity contribution is 0.386. The molecule has 2 N–H and O–H groups in total. The van der Waals surface area contributed by atoms with E-state index in [1.54, 1.807) is 0 Å². The van der Waals surface area contributed by atoms with Crippen LogP contribution >= 0.6 is 12.2 Å². The predicted octanol–water partition coefficient (Wildman–Crippen LogP) is 6.89. The van der Waals surface area contributed by atoms with Gasteiger partial charge in [0.25, 0.3) is 0 Å². The van der Waals surface area contributed by atoms with Gasteiger partial charge in [0.2, 0.25) is 0 Å². The molecule has 1 heterocycles. The van der Waals surface area contributed by atoms with Crippen LogP contribution in [0.5, 0.6) is 0 Å². The molecule has 1 aliphatic heterocycles. The lowest BCUT2D eigenvalue weighted by atomic mass is 9.93. The summed E-state index contributed by atoms with van der Waals surface area (Å²) in [6.45, 7) is 24.9. The molecule has 0 aromatic carbocycles. The van der Waals surface area contributed by atoms with Crippen molar-refractivity contribution in [3.63, 3.8) is 0 Å². The minimum absolute atomic E-state index is 0.0239. The minimum atomic E-state index is -0.381.